The van der Waals surface area contributed by atoms with Crippen LogP contribution in [0, 0.1) is 0 Å². The monoisotopic (exact) mass is 297 g/mol. The van der Waals surface area contributed by atoms with Gasteiger partial charge in [-0.05, 0) is 46.5 Å². The van der Waals surface area contributed by atoms with E-state index in [9.17, 15) is 9.59 Å². The summed E-state index contributed by atoms with van der Waals surface area (Å²) in [5.41, 5.74) is 5.99. The minimum Gasteiger partial charge on any atom is -0.343 e. The van der Waals surface area contributed by atoms with Gasteiger partial charge in [0.25, 0.3) is 0 Å². The zero-order valence-electron chi connectivity index (χ0n) is 13.8. The van der Waals surface area contributed by atoms with Crippen LogP contribution < -0.4 is 5.73 Å². The maximum atomic E-state index is 12.3. The fourth-order valence-electron chi connectivity index (χ4n) is 3.08. The van der Waals surface area contributed by atoms with Gasteiger partial charge in [0.05, 0.1) is 0 Å². The van der Waals surface area contributed by atoms with Crippen LogP contribution in [0.1, 0.15) is 59.3 Å². The molecule has 0 radical (unpaired) electrons. The summed E-state index contributed by atoms with van der Waals surface area (Å²) in [6, 6.07) is 0.191. The molecule has 21 heavy (non-hydrogen) atoms. The first-order valence-electron chi connectivity index (χ1n) is 8.34. The Morgan fingerprint density at radius 2 is 1.90 bits per heavy atom. The van der Waals surface area contributed by atoms with Crippen molar-refractivity contribution in [3.8, 4) is 0 Å². The van der Waals surface area contributed by atoms with E-state index in [0.717, 1.165) is 38.9 Å². The largest absolute Gasteiger partial charge is 0.343 e. The SMILES string of the molecule is CCN(CC)C(=O)CCCC(=O)N1CCCCC1C(C)N. The smallest absolute Gasteiger partial charge is 0.222 e. The van der Waals surface area contributed by atoms with Crippen molar-refractivity contribution < 1.29 is 9.59 Å². The maximum Gasteiger partial charge on any atom is 0.222 e. The van der Waals surface area contributed by atoms with Gasteiger partial charge in [0, 0.05) is 44.6 Å². The lowest BCUT2D eigenvalue weighted by Crippen LogP contribution is -2.51. The Bertz CT molecular complexity index is 340. The van der Waals surface area contributed by atoms with Crippen molar-refractivity contribution in [2.24, 2.45) is 5.73 Å². The minimum absolute atomic E-state index is 0.0200. The average Bonchev–Trinajstić information content (AvgIpc) is 2.48. The Labute approximate surface area is 128 Å². The van der Waals surface area contributed by atoms with Gasteiger partial charge < -0.3 is 15.5 Å². The lowest BCUT2D eigenvalue weighted by molar-refractivity contribution is -0.135. The number of amides is 2. The average molecular weight is 297 g/mol. The van der Waals surface area contributed by atoms with Crippen LogP contribution in [0.5, 0.6) is 0 Å². The van der Waals surface area contributed by atoms with E-state index in [1.54, 1.807) is 0 Å². The van der Waals surface area contributed by atoms with Crippen molar-refractivity contribution in [2.75, 3.05) is 19.6 Å². The molecule has 0 spiro atoms. The number of hydrogen-bond donors (Lipinski definition) is 1. The van der Waals surface area contributed by atoms with E-state index in [1.165, 1.54) is 0 Å². The summed E-state index contributed by atoms with van der Waals surface area (Å²) in [7, 11) is 0. The minimum atomic E-state index is 0.0200. The second kappa shape index (κ2) is 9.03. The molecule has 122 valence electrons. The topological polar surface area (TPSA) is 66.6 Å². The molecule has 0 bridgehead atoms. The third kappa shape index (κ3) is 5.30. The Morgan fingerprint density at radius 3 is 2.48 bits per heavy atom. The van der Waals surface area contributed by atoms with E-state index in [4.69, 9.17) is 5.73 Å². The van der Waals surface area contributed by atoms with Crippen LogP contribution in [0.25, 0.3) is 0 Å². The van der Waals surface area contributed by atoms with E-state index in [2.05, 4.69) is 0 Å². The molecule has 0 aromatic carbocycles. The highest BCUT2D eigenvalue weighted by molar-refractivity contribution is 5.79. The van der Waals surface area contributed by atoms with Gasteiger partial charge in [-0.3, -0.25) is 9.59 Å². The third-order valence-corrected chi connectivity index (χ3v) is 4.37. The van der Waals surface area contributed by atoms with Gasteiger partial charge in [0.15, 0.2) is 0 Å². The summed E-state index contributed by atoms with van der Waals surface area (Å²) < 4.78 is 0. The van der Waals surface area contributed by atoms with E-state index in [0.29, 0.717) is 19.3 Å². The number of hydrogen-bond acceptors (Lipinski definition) is 3. The van der Waals surface area contributed by atoms with Crippen molar-refractivity contribution in [1.82, 2.24) is 9.80 Å². The Hall–Kier alpha value is -1.10. The Morgan fingerprint density at radius 1 is 1.24 bits per heavy atom. The molecule has 0 aromatic heterocycles. The third-order valence-electron chi connectivity index (χ3n) is 4.37. The number of nitrogens with two attached hydrogens (primary N) is 1. The van der Waals surface area contributed by atoms with Crippen LogP contribution in [-0.4, -0.2) is 53.3 Å². The normalized spacial score (nSPS) is 20.2. The van der Waals surface area contributed by atoms with Crippen molar-refractivity contribution in [1.29, 1.82) is 0 Å². The molecule has 1 rings (SSSR count). The van der Waals surface area contributed by atoms with Gasteiger partial charge in [-0.15, -0.1) is 0 Å². The molecule has 0 aromatic rings. The predicted octanol–water partition coefficient (Wildman–Crippen LogP) is 1.75. The highest BCUT2D eigenvalue weighted by Gasteiger charge is 2.28. The molecule has 1 aliphatic rings. The van der Waals surface area contributed by atoms with Crippen LogP contribution in [0.2, 0.25) is 0 Å². The Balaban J connectivity index is 2.40. The molecular formula is C16H31N3O2. The molecule has 1 aliphatic heterocycles. The molecule has 5 heteroatoms. The van der Waals surface area contributed by atoms with Crippen molar-refractivity contribution >= 4 is 11.8 Å². The summed E-state index contributed by atoms with van der Waals surface area (Å²) in [4.78, 5) is 28.0. The number of nitrogens with zero attached hydrogens (tertiary/aromatic N) is 2. The number of carbonyl (C=O) groups excluding carboxylic acids is 2. The molecule has 1 fully saturated rings. The molecule has 1 heterocycles. The van der Waals surface area contributed by atoms with Gasteiger partial charge in [0.1, 0.15) is 0 Å². The molecule has 0 aliphatic carbocycles. The van der Waals surface area contributed by atoms with Crippen molar-refractivity contribution in [3.05, 3.63) is 0 Å². The van der Waals surface area contributed by atoms with E-state index in [1.807, 2.05) is 30.6 Å². The lowest BCUT2D eigenvalue weighted by atomic mass is 9.96. The predicted molar refractivity (Wildman–Crippen MR) is 84.8 cm³/mol. The van der Waals surface area contributed by atoms with E-state index < -0.39 is 0 Å². The second-order valence-electron chi connectivity index (χ2n) is 5.93. The van der Waals surface area contributed by atoms with Gasteiger partial charge in [-0.2, -0.15) is 0 Å². The maximum absolute atomic E-state index is 12.3. The second-order valence-corrected chi connectivity index (χ2v) is 5.93. The fourth-order valence-corrected chi connectivity index (χ4v) is 3.08. The highest BCUT2D eigenvalue weighted by Crippen LogP contribution is 2.20. The highest BCUT2D eigenvalue weighted by atomic mass is 16.2. The summed E-state index contributed by atoms with van der Waals surface area (Å²) in [5, 5.41) is 0. The van der Waals surface area contributed by atoms with Gasteiger partial charge in [-0.1, -0.05) is 0 Å². The van der Waals surface area contributed by atoms with Crippen molar-refractivity contribution in [2.45, 2.75) is 71.4 Å². The van der Waals surface area contributed by atoms with Crippen LogP contribution >= 0.6 is 0 Å². The first-order valence-corrected chi connectivity index (χ1v) is 8.34. The van der Waals surface area contributed by atoms with Crippen LogP contribution in [0.3, 0.4) is 0 Å². The quantitative estimate of drug-likeness (QED) is 0.778. The number of piperidine rings is 1. The standard InChI is InChI=1S/C16H31N3O2/c1-4-18(5-2)15(20)10-8-11-16(21)19-12-7-6-9-14(19)13(3)17/h13-14H,4-12,17H2,1-3H3. The van der Waals surface area contributed by atoms with Crippen LogP contribution in [0.15, 0.2) is 0 Å². The summed E-state index contributed by atoms with van der Waals surface area (Å²) in [6.07, 6.45) is 4.77. The van der Waals surface area contributed by atoms with Gasteiger partial charge >= 0.3 is 0 Å². The molecular weight excluding hydrogens is 266 g/mol. The molecule has 5 nitrogen and oxygen atoms in total. The Kier molecular flexibility index (Phi) is 7.72. The number of likely N-dealkylation sites (tertiary alicyclic amines) is 1. The molecule has 2 atom stereocenters. The van der Waals surface area contributed by atoms with E-state index >= 15 is 0 Å². The van der Waals surface area contributed by atoms with Crippen LogP contribution in [0.4, 0.5) is 0 Å². The molecule has 2 unspecified atom stereocenters. The summed E-state index contributed by atoms with van der Waals surface area (Å²) >= 11 is 0. The first-order chi connectivity index (χ1) is 10.0. The van der Waals surface area contributed by atoms with Crippen molar-refractivity contribution in [3.63, 3.8) is 0 Å². The molecule has 2 amide bonds. The number of carbonyl (C=O) groups is 2. The molecule has 2 N–H and O–H groups in total. The first kappa shape index (κ1) is 18.0. The van der Waals surface area contributed by atoms with Gasteiger partial charge in [0.2, 0.25) is 11.8 Å². The zero-order valence-corrected chi connectivity index (χ0v) is 13.8. The van der Waals surface area contributed by atoms with Crippen LogP contribution in [-0.2, 0) is 9.59 Å². The van der Waals surface area contributed by atoms with E-state index in [-0.39, 0.29) is 23.9 Å². The summed E-state index contributed by atoms with van der Waals surface area (Å²) in [5.74, 6) is 0.305. The lowest BCUT2D eigenvalue weighted by Gasteiger charge is -2.38. The number of rotatable bonds is 7. The van der Waals surface area contributed by atoms with Gasteiger partial charge in [-0.25, -0.2) is 0 Å². The summed E-state index contributed by atoms with van der Waals surface area (Å²) in [6.45, 7) is 8.22. The zero-order chi connectivity index (χ0) is 15.8. The fraction of sp³-hybridized carbons (Fsp3) is 0.875. The molecule has 0 saturated carbocycles. The molecule has 1 saturated heterocycles.